The number of hydrogen-bond acceptors (Lipinski definition) is 3. The fourth-order valence-electron chi connectivity index (χ4n) is 3.12. The van der Waals surface area contributed by atoms with Crippen LogP contribution < -0.4 is 5.56 Å². The zero-order valence-electron chi connectivity index (χ0n) is 13.7. The number of benzene rings is 2. The molecule has 0 bridgehead atoms. The fraction of sp³-hybridized carbons (Fsp3) is 0.150. The van der Waals surface area contributed by atoms with Gasteiger partial charge < -0.3 is 4.57 Å². The summed E-state index contributed by atoms with van der Waals surface area (Å²) in [6.07, 6.45) is 2.53. The van der Waals surface area contributed by atoms with Gasteiger partial charge in [0.1, 0.15) is 5.69 Å². The minimum atomic E-state index is -0.127. The molecule has 0 atom stereocenters. The Morgan fingerprint density at radius 1 is 1.12 bits per heavy atom. The first kappa shape index (κ1) is 15.8. The van der Waals surface area contributed by atoms with Crippen LogP contribution in [0.15, 0.2) is 59.5 Å². The molecule has 0 amide bonds. The quantitative estimate of drug-likeness (QED) is 0.505. The summed E-state index contributed by atoms with van der Waals surface area (Å²) in [5.41, 5.74) is 3.17. The number of pyridine rings is 1. The second-order valence-corrected chi connectivity index (χ2v) is 6.29. The van der Waals surface area contributed by atoms with Crippen LogP contribution in [-0.4, -0.2) is 14.5 Å². The maximum absolute atomic E-state index is 13.1. The second-order valence-electron chi connectivity index (χ2n) is 5.92. The summed E-state index contributed by atoms with van der Waals surface area (Å²) in [5, 5.41) is 1.39. The molecule has 0 aliphatic carbocycles. The highest BCUT2D eigenvalue weighted by Crippen LogP contribution is 2.30. The van der Waals surface area contributed by atoms with Gasteiger partial charge in [-0.2, -0.15) is 0 Å². The van der Waals surface area contributed by atoms with Crippen LogP contribution in [0.4, 0.5) is 0 Å². The summed E-state index contributed by atoms with van der Waals surface area (Å²) < 4.78 is 1.72. The number of nitrogens with zero attached hydrogens (tertiary/aromatic N) is 3. The molecular formula is C20H16ClN3O. The second kappa shape index (κ2) is 6.30. The van der Waals surface area contributed by atoms with E-state index in [1.165, 1.54) is 0 Å². The van der Waals surface area contributed by atoms with Crippen molar-refractivity contribution >= 4 is 33.5 Å². The van der Waals surface area contributed by atoms with Crippen LogP contribution in [0.3, 0.4) is 0 Å². The molecule has 0 aliphatic heterocycles. The van der Waals surface area contributed by atoms with Gasteiger partial charge in [-0.05, 0) is 18.6 Å². The van der Waals surface area contributed by atoms with E-state index in [1.807, 2.05) is 55.5 Å². The Kier molecular flexibility index (Phi) is 3.98. The van der Waals surface area contributed by atoms with E-state index in [2.05, 4.69) is 9.97 Å². The molecule has 2 heterocycles. The highest BCUT2D eigenvalue weighted by Gasteiger charge is 2.17. The summed E-state index contributed by atoms with van der Waals surface area (Å²) in [6, 6.07) is 15.3. The number of hydrogen-bond donors (Lipinski definition) is 0. The first-order valence-electron chi connectivity index (χ1n) is 8.24. The van der Waals surface area contributed by atoms with E-state index < -0.39 is 0 Å². The molecule has 0 radical (unpaired) electrons. The van der Waals surface area contributed by atoms with Crippen molar-refractivity contribution in [3.63, 3.8) is 0 Å². The van der Waals surface area contributed by atoms with E-state index in [0.29, 0.717) is 33.8 Å². The summed E-state index contributed by atoms with van der Waals surface area (Å²) in [7, 11) is 0. The molecule has 4 aromatic rings. The Morgan fingerprint density at radius 2 is 1.92 bits per heavy atom. The van der Waals surface area contributed by atoms with Crippen LogP contribution in [0.2, 0.25) is 5.02 Å². The lowest BCUT2D eigenvalue weighted by Gasteiger charge is -2.14. The molecule has 25 heavy (non-hydrogen) atoms. The van der Waals surface area contributed by atoms with Gasteiger partial charge in [-0.3, -0.25) is 9.78 Å². The van der Waals surface area contributed by atoms with E-state index >= 15 is 0 Å². The average Bonchev–Trinajstić information content (AvgIpc) is 2.65. The third-order valence-corrected chi connectivity index (χ3v) is 4.59. The van der Waals surface area contributed by atoms with Crippen LogP contribution >= 0.6 is 11.6 Å². The van der Waals surface area contributed by atoms with Gasteiger partial charge in [-0.1, -0.05) is 54.9 Å². The summed E-state index contributed by atoms with van der Waals surface area (Å²) in [6.45, 7) is 2.61. The van der Waals surface area contributed by atoms with Crippen molar-refractivity contribution in [3.8, 4) is 11.3 Å². The Hall–Kier alpha value is -2.72. The van der Waals surface area contributed by atoms with Crippen molar-refractivity contribution in [1.82, 2.24) is 14.5 Å². The van der Waals surface area contributed by atoms with Gasteiger partial charge in [0, 0.05) is 23.7 Å². The molecule has 0 fully saturated rings. The summed E-state index contributed by atoms with van der Waals surface area (Å²) in [4.78, 5) is 22.1. The van der Waals surface area contributed by atoms with Gasteiger partial charge in [0.25, 0.3) is 5.56 Å². The molecule has 0 N–H and O–H groups in total. The molecular weight excluding hydrogens is 334 g/mol. The van der Waals surface area contributed by atoms with Crippen molar-refractivity contribution in [2.45, 2.75) is 19.9 Å². The van der Waals surface area contributed by atoms with Gasteiger partial charge in [0.05, 0.1) is 21.6 Å². The van der Waals surface area contributed by atoms with E-state index in [4.69, 9.17) is 11.6 Å². The molecule has 0 saturated heterocycles. The van der Waals surface area contributed by atoms with Crippen molar-refractivity contribution in [3.05, 3.63) is 70.1 Å². The normalized spacial score (nSPS) is 11.3. The summed E-state index contributed by atoms with van der Waals surface area (Å²) in [5.74, 6) is 0. The van der Waals surface area contributed by atoms with Gasteiger partial charge in [-0.15, -0.1) is 0 Å². The van der Waals surface area contributed by atoms with E-state index in [9.17, 15) is 4.79 Å². The number of fused-ring (bicyclic) bond motifs is 2. The van der Waals surface area contributed by atoms with Crippen LogP contribution in [0.1, 0.15) is 13.3 Å². The monoisotopic (exact) mass is 349 g/mol. The molecule has 0 unspecified atom stereocenters. The molecule has 5 heteroatoms. The maximum Gasteiger partial charge on any atom is 0.277 e. The average molecular weight is 350 g/mol. The predicted molar refractivity (Wildman–Crippen MR) is 102 cm³/mol. The van der Waals surface area contributed by atoms with Gasteiger partial charge >= 0.3 is 0 Å². The molecule has 124 valence electrons. The lowest BCUT2D eigenvalue weighted by molar-refractivity contribution is 0.676. The smallest absolute Gasteiger partial charge is 0.277 e. The van der Waals surface area contributed by atoms with Crippen LogP contribution in [0.25, 0.3) is 33.2 Å². The maximum atomic E-state index is 13.1. The SMILES string of the molecule is CCCn1c(=O)c(-c2ccccc2)nc2cc3cccnc3c(Cl)c21. The van der Waals surface area contributed by atoms with Crippen LogP contribution in [-0.2, 0) is 6.54 Å². The molecule has 4 rings (SSSR count). The highest BCUT2D eigenvalue weighted by atomic mass is 35.5. The largest absolute Gasteiger partial charge is 0.304 e. The summed E-state index contributed by atoms with van der Waals surface area (Å²) >= 11 is 6.62. The third kappa shape index (κ3) is 2.59. The Bertz CT molecular complexity index is 1140. The Labute approximate surface area is 149 Å². The fourth-order valence-corrected chi connectivity index (χ4v) is 3.48. The van der Waals surface area contributed by atoms with Gasteiger partial charge in [-0.25, -0.2) is 4.98 Å². The Balaban J connectivity index is 2.16. The zero-order chi connectivity index (χ0) is 17.4. The van der Waals surface area contributed by atoms with Crippen molar-refractivity contribution in [1.29, 1.82) is 0 Å². The minimum Gasteiger partial charge on any atom is -0.304 e. The first-order chi connectivity index (χ1) is 12.2. The topological polar surface area (TPSA) is 47.8 Å². The lowest BCUT2D eigenvalue weighted by Crippen LogP contribution is -2.24. The van der Waals surface area contributed by atoms with E-state index in [0.717, 1.165) is 17.4 Å². The number of rotatable bonds is 3. The van der Waals surface area contributed by atoms with Crippen molar-refractivity contribution < 1.29 is 0 Å². The minimum absolute atomic E-state index is 0.127. The van der Waals surface area contributed by atoms with Crippen LogP contribution in [0, 0.1) is 0 Å². The number of aromatic nitrogens is 3. The van der Waals surface area contributed by atoms with Gasteiger partial charge in [0.2, 0.25) is 0 Å². The molecule has 4 nitrogen and oxygen atoms in total. The molecule has 0 spiro atoms. The zero-order valence-corrected chi connectivity index (χ0v) is 14.5. The van der Waals surface area contributed by atoms with Crippen LogP contribution in [0.5, 0.6) is 0 Å². The standard InChI is InChI=1S/C20H16ClN3O/c1-2-11-24-19-15(12-14-9-6-10-22-17(14)16(19)21)23-18(20(24)25)13-7-4-3-5-8-13/h3-10,12H,2,11H2,1H3. The van der Waals surface area contributed by atoms with Crippen molar-refractivity contribution in [2.75, 3.05) is 0 Å². The first-order valence-corrected chi connectivity index (χ1v) is 8.61. The van der Waals surface area contributed by atoms with Gasteiger partial charge in [0.15, 0.2) is 0 Å². The lowest BCUT2D eigenvalue weighted by atomic mass is 10.1. The Morgan fingerprint density at radius 3 is 2.68 bits per heavy atom. The third-order valence-electron chi connectivity index (χ3n) is 4.23. The van der Waals surface area contributed by atoms with Crippen molar-refractivity contribution in [2.24, 2.45) is 0 Å². The van der Waals surface area contributed by atoms with E-state index in [1.54, 1.807) is 10.8 Å². The molecule has 2 aromatic carbocycles. The van der Waals surface area contributed by atoms with E-state index in [-0.39, 0.29) is 5.56 Å². The number of aryl methyl sites for hydroxylation is 1. The molecule has 0 aliphatic rings. The molecule has 2 aromatic heterocycles. The highest BCUT2D eigenvalue weighted by molar-refractivity contribution is 6.39. The number of halogens is 1. The predicted octanol–water partition coefficient (Wildman–Crippen LogP) is 4.68. The molecule has 0 saturated carbocycles.